The summed E-state index contributed by atoms with van der Waals surface area (Å²) in [6.07, 6.45) is 0. The van der Waals surface area contributed by atoms with Gasteiger partial charge in [0.05, 0.1) is 27.5 Å². The minimum atomic E-state index is -0.509. The molecule has 3 nitrogen and oxygen atoms in total. The van der Waals surface area contributed by atoms with E-state index < -0.39 is 5.41 Å². The van der Waals surface area contributed by atoms with Crippen molar-refractivity contribution in [3.8, 4) is 50.2 Å². The third-order valence-electron chi connectivity index (χ3n) is 19.4. The van der Waals surface area contributed by atoms with Crippen LogP contribution in [-0.4, -0.2) is 4.57 Å². The largest absolute Gasteiger partial charge is 0.455 e. The van der Waals surface area contributed by atoms with Crippen LogP contribution in [0.1, 0.15) is 47.2 Å². The first kappa shape index (κ1) is 49.4. The quantitative estimate of drug-likeness (QED) is 0.151. The Morgan fingerprint density at radius 3 is 1.60 bits per heavy atom. The Morgan fingerprint density at radius 2 is 0.851 bits per heavy atom. The molecule has 0 bridgehead atoms. The molecule has 18 rings (SSSR count). The zero-order chi connectivity index (χ0) is 57.5. The first-order valence-corrected chi connectivity index (χ1v) is 30.3. The highest BCUT2D eigenvalue weighted by atomic mass is 16.3. The van der Waals surface area contributed by atoms with Crippen LogP contribution in [-0.2, 0) is 10.8 Å². The van der Waals surface area contributed by atoms with Gasteiger partial charge in [0.25, 0.3) is 0 Å². The monoisotopic (exact) mass is 1110 g/mol. The summed E-state index contributed by atoms with van der Waals surface area (Å²) >= 11 is 0. The van der Waals surface area contributed by atoms with E-state index in [9.17, 15) is 0 Å². The van der Waals surface area contributed by atoms with Crippen LogP contribution in [0.2, 0.25) is 0 Å². The van der Waals surface area contributed by atoms with E-state index in [1.54, 1.807) is 0 Å². The molecular weight excluding hydrogens is 1050 g/mol. The van der Waals surface area contributed by atoms with Crippen LogP contribution in [0, 0.1) is 0 Å². The maximum atomic E-state index is 7.66. The number of hydrogen-bond acceptors (Lipinski definition) is 2. The Kier molecular flexibility index (Phi) is 10.7. The first-order chi connectivity index (χ1) is 42.9. The van der Waals surface area contributed by atoms with Crippen molar-refractivity contribution in [1.29, 1.82) is 0 Å². The zero-order valence-corrected chi connectivity index (χ0v) is 48.2. The van der Waals surface area contributed by atoms with Gasteiger partial charge in [-0.1, -0.05) is 257 Å². The molecule has 16 aromatic rings. The first-order valence-electron chi connectivity index (χ1n) is 30.3. The van der Waals surface area contributed by atoms with Gasteiger partial charge in [-0.2, -0.15) is 0 Å². The maximum Gasteiger partial charge on any atom is 0.145 e. The number of para-hydroxylation sites is 1. The van der Waals surface area contributed by atoms with E-state index in [1.165, 1.54) is 77.5 Å². The lowest BCUT2D eigenvalue weighted by Crippen LogP contribution is -2.28. The van der Waals surface area contributed by atoms with E-state index in [4.69, 9.17) is 4.42 Å². The summed E-state index contributed by atoms with van der Waals surface area (Å²) in [7, 11) is 0. The van der Waals surface area contributed by atoms with Crippen molar-refractivity contribution in [2.24, 2.45) is 0 Å². The normalized spacial score (nSPS) is 13.6. The van der Waals surface area contributed by atoms with Crippen molar-refractivity contribution in [1.82, 2.24) is 4.57 Å². The standard InChI is InChI=1S/C84H56N2O/c1-83(2)72-35-19-16-32-65(72)67-45-43-61(51-75(67)83)85(60-41-38-54(39-42-60)53-22-6-3-7-23-53)62-44-46-69-68-34-18-21-37-76(68)86(77(69)52-62)78-50-56-25-13-15-31-64(56)81-80(78)71-48-55-24-12-14-30-63(55)79(82(71)87-81)57-40-47-74-70(49-57)66-33-17-20-36-73(66)84(74,58-26-8-4-9-27-58)59-28-10-5-11-29-59/h3-52H,1-2H3. The third-order valence-corrected chi connectivity index (χ3v) is 19.4. The van der Waals surface area contributed by atoms with Crippen LogP contribution in [0.3, 0.4) is 0 Å². The van der Waals surface area contributed by atoms with E-state index in [1.807, 2.05) is 0 Å². The molecule has 3 heteroatoms. The van der Waals surface area contributed by atoms with Crippen LogP contribution in [0.5, 0.6) is 0 Å². The average molecular weight is 1110 g/mol. The third kappa shape index (κ3) is 7.12. The summed E-state index contributed by atoms with van der Waals surface area (Å²) < 4.78 is 10.2. The summed E-state index contributed by atoms with van der Waals surface area (Å²) in [5, 5.41) is 9.02. The van der Waals surface area contributed by atoms with E-state index >= 15 is 0 Å². The Balaban J connectivity index is 0.883. The lowest BCUT2D eigenvalue weighted by atomic mass is 9.67. The molecule has 408 valence electrons. The lowest BCUT2D eigenvalue weighted by molar-refractivity contribution is 0.660. The summed E-state index contributed by atoms with van der Waals surface area (Å²) in [5.41, 5.74) is 25.1. The van der Waals surface area contributed by atoms with Gasteiger partial charge in [0, 0.05) is 49.6 Å². The summed E-state index contributed by atoms with van der Waals surface area (Å²) in [6.45, 7) is 4.74. The molecule has 0 spiro atoms. The second-order valence-electron chi connectivity index (χ2n) is 24.3. The van der Waals surface area contributed by atoms with E-state index in [2.05, 4.69) is 327 Å². The van der Waals surface area contributed by atoms with Crippen molar-refractivity contribution >= 4 is 82.4 Å². The van der Waals surface area contributed by atoms with Gasteiger partial charge in [0.1, 0.15) is 11.2 Å². The number of benzene rings is 14. The minimum absolute atomic E-state index is 0.177. The topological polar surface area (TPSA) is 21.3 Å². The van der Waals surface area contributed by atoms with Crippen LogP contribution in [0.15, 0.2) is 308 Å². The Morgan fingerprint density at radius 1 is 0.322 bits per heavy atom. The highest BCUT2D eigenvalue weighted by molar-refractivity contribution is 6.26. The predicted octanol–water partition coefficient (Wildman–Crippen LogP) is 22.5. The van der Waals surface area contributed by atoms with Crippen molar-refractivity contribution < 1.29 is 4.42 Å². The van der Waals surface area contributed by atoms with Crippen LogP contribution in [0.4, 0.5) is 17.1 Å². The smallest absolute Gasteiger partial charge is 0.145 e. The van der Waals surface area contributed by atoms with Crippen molar-refractivity contribution in [3.05, 3.63) is 337 Å². The fraction of sp³-hybridized carbons (Fsp3) is 0.0476. The average Bonchev–Trinajstić information content (AvgIpc) is 1.60. The van der Waals surface area contributed by atoms with E-state index in [0.717, 1.165) is 88.4 Å². The molecule has 2 aliphatic carbocycles. The molecule has 0 N–H and O–H groups in total. The minimum Gasteiger partial charge on any atom is -0.455 e. The number of fused-ring (bicyclic) bond motifs is 15. The molecule has 0 saturated carbocycles. The molecule has 0 amide bonds. The molecule has 2 aromatic heterocycles. The Labute approximate surface area is 504 Å². The molecule has 87 heavy (non-hydrogen) atoms. The molecule has 2 heterocycles. The van der Waals surface area contributed by atoms with Gasteiger partial charge in [-0.05, 0) is 149 Å². The van der Waals surface area contributed by atoms with Crippen molar-refractivity contribution in [3.63, 3.8) is 0 Å². The number of aromatic nitrogens is 1. The molecule has 0 unspecified atom stereocenters. The second-order valence-corrected chi connectivity index (χ2v) is 24.3. The van der Waals surface area contributed by atoms with E-state index in [0.29, 0.717) is 0 Å². The number of nitrogens with zero attached hydrogens (tertiary/aromatic N) is 2. The van der Waals surface area contributed by atoms with Gasteiger partial charge in [-0.25, -0.2) is 0 Å². The molecule has 14 aromatic carbocycles. The van der Waals surface area contributed by atoms with Crippen LogP contribution < -0.4 is 4.90 Å². The van der Waals surface area contributed by atoms with Crippen LogP contribution >= 0.6 is 0 Å². The lowest BCUT2D eigenvalue weighted by Gasteiger charge is -2.33. The fourth-order valence-corrected chi connectivity index (χ4v) is 15.5. The SMILES string of the molecule is CC1(C)c2ccccc2-c2ccc(N(c3ccc(-c4ccccc4)cc3)c3ccc4c5ccccc5n(-c5cc6ccccc6c6oc7c(-c8ccc9c(c8)-c8ccccc8C9(c8ccccc8)c8ccccc8)c8ccccc8cc7c56)c4c3)cc21. The number of hydrogen-bond donors (Lipinski definition) is 0. The van der Waals surface area contributed by atoms with Gasteiger partial charge in [0.15, 0.2) is 0 Å². The van der Waals surface area contributed by atoms with Gasteiger partial charge in [0.2, 0.25) is 0 Å². The van der Waals surface area contributed by atoms with Gasteiger partial charge < -0.3 is 13.9 Å². The van der Waals surface area contributed by atoms with Gasteiger partial charge in [-0.15, -0.1) is 0 Å². The summed E-state index contributed by atoms with van der Waals surface area (Å²) in [5.74, 6) is 0. The van der Waals surface area contributed by atoms with E-state index in [-0.39, 0.29) is 5.41 Å². The molecule has 0 radical (unpaired) electrons. The highest BCUT2D eigenvalue weighted by Gasteiger charge is 2.46. The fourth-order valence-electron chi connectivity index (χ4n) is 15.5. The molecule has 0 atom stereocenters. The molecule has 0 fully saturated rings. The summed E-state index contributed by atoms with van der Waals surface area (Å²) in [6, 6.07) is 113. The number of furan rings is 1. The molecule has 0 saturated heterocycles. The second kappa shape index (κ2) is 18.7. The van der Waals surface area contributed by atoms with Crippen molar-refractivity contribution in [2.75, 3.05) is 4.90 Å². The van der Waals surface area contributed by atoms with Crippen molar-refractivity contribution in [2.45, 2.75) is 24.7 Å². The van der Waals surface area contributed by atoms with Gasteiger partial charge >= 0.3 is 0 Å². The maximum absolute atomic E-state index is 7.66. The zero-order valence-electron chi connectivity index (χ0n) is 48.2. The van der Waals surface area contributed by atoms with Crippen LogP contribution in [0.25, 0.3) is 115 Å². The predicted molar refractivity (Wildman–Crippen MR) is 363 cm³/mol. The highest BCUT2D eigenvalue weighted by Crippen LogP contribution is 2.58. The Hall–Kier alpha value is -11.0. The number of anilines is 3. The molecule has 0 aliphatic heterocycles. The van der Waals surface area contributed by atoms with Gasteiger partial charge in [-0.3, -0.25) is 0 Å². The molecule has 2 aliphatic rings. The Bertz CT molecular complexity index is 5440. The molecular formula is C84H56N2O. The number of rotatable bonds is 8. The summed E-state index contributed by atoms with van der Waals surface area (Å²) in [4.78, 5) is 2.45.